The predicted molar refractivity (Wildman–Crippen MR) is 82.0 cm³/mol. The van der Waals surface area contributed by atoms with Gasteiger partial charge in [-0.1, -0.05) is 42.5 Å². The van der Waals surface area contributed by atoms with E-state index in [9.17, 15) is 4.39 Å². The minimum Gasteiger partial charge on any atom is -0.330 e. The van der Waals surface area contributed by atoms with E-state index >= 15 is 0 Å². The van der Waals surface area contributed by atoms with Crippen molar-refractivity contribution in [3.63, 3.8) is 0 Å². The van der Waals surface area contributed by atoms with Gasteiger partial charge in [-0.25, -0.2) is 4.39 Å². The molecular formula is C18H22FN. The Morgan fingerprint density at radius 2 is 1.60 bits per heavy atom. The summed E-state index contributed by atoms with van der Waals surface area (Å²) in [4.78, 5) is 0. The van der Waals surface area contributed by atoms with Gasteiger partial charge < -0.3 is 5.73 Å². The zero-order valence-corrected chi connectivity index (χ0v) is 11.8. The van der Waals surface area contributed by atoms with Crippen LogP contribution in [-0.2, 0) is 12.8 Å². The fourth-order valence-electron chi connectivity index (χ4n) is 2.50. The van der Waals surface area contributed by atoms with Gasteiger partial charge in [-0.2, -0.15) is 0 Å². The molecule has 0 radical (unpaired) electrons. The van der Waals surface area contributed by atoms with E-state index in [1.54, 1.807) is 0 Å². The van der Waals surface area contributed by atoms with Crippen molar-refractivity contribution >= 4 is 0 Å². The molecule has 0 aliphatic rings. The first-order valence-electron chi connectivity index (χ1n) is 7.26. The van der Waals surface area contributed by atoms with Crippen molar-refractivity contribution in [2.45, 2.75) is 25.7 Å². The van der Waals surface area contributed by atoms with Crippen LogP contribution in [-0.4, -0.2) is 6.54 Å². The maximum atomic E-state index is 12.9. The highest BCUT2D eigenvalue weighted by Crippen LogP contribution is 2.16. The van der Waals surface area contributed by atoms with Gasteiger partial charge in [-0.3, -0.25) is 0 Å². The van der Waals surface area contributed by atoms with Crippen LogP contribution in [0.2, 0.25) is 0 Å². The molecule has 2 aromatic carbocycles. The van der Waals surface area contributed by atoms with Gasteiger partial charge in [0.2, 0.25) is 0 Å². The second kappa shape index (κ2) is 7.81. The first-order chi connectivity index (χ1) is 9.78. The van der Waals surface area contributed by atoms with Crippen LogP contribution < -0.4 is 5.73 Å². The zero-order valence-electron chi connectivity index (χ0n) is 11.8. The summed E-state index contributed by atoms with van der Waals surface area (Å²) in [6.07, 6.45) is 4.29. The smallest absolute Gasteiger partial charge is 0.123 e. The molecule has 20 heavy (non-hydrogen) atoms. The molecule has 2 aromatic rings. The number of hydrogen-bond acceptors (Lipinski definition) is 1. The Labute approximate surface area is 120 Å². The van der Waals surface area contributed by atoms with E-state index in [0.29, 0.717) is 12.5 Å². The third kappa shape index (κ3) is 4.78. The van der Waals surface area contributed by atoms with Crippen molar-refractivity contribution in [1.29, 1.82) is 0 Å². The SMILES string of the molecule is NCC(CCCc1ccccc1)Cc1ccc(F)cc1. The lowest BCUT2D eigenvalue weighted by atomic mass is 9.93. The van der Waals surface area contributed by atoms with Crippen molar-refractivity contribution < 1.29 is 4.39 Å². The molecule has 0 spiro atoms. The number of hydrogen-bond donors (Lipinski definition) is 1. The second-order valence-corrected chi connectivity index (χ2v) is 5.31. The minimum absolute atomic E-state index is 0.179. The maximum Gasteiger partial charge on any atom is 0.123 e. The molecule has 1 nitrogen and oxygen atoms in total. The molecule has 0 aromatic heterocycles. The molecule has 1 unspecified atom stereocenters. The van der Waals surface area contributed by atoms with Gasteiger partial charge >= 0.3 is 0 Å². The first-order valence-corrected chi connectivity index (χ1v) is 7.26. The molecule has 0 heterocycles. The molecule has 0 aliphatic heterocycles. The Morgan fingerprint density at radius 1 is 0.900 bits per heavy atom. The van der Waals surface area contributed by atoms with Crippen molar-refractivity contribution in [2.75, 3.05) is 6.54 Å². The lowest BCUT2D eigenvalue weighted by Gasteiger charge is -2.14. The van der Waals surface area contributed by atoms with Crippen molar-refractivity contribution in [2.24, 2.45) is 11.7 Å². The van der Waals surface area contributed by atoms with E-state index in [0.717, 1.165) is 25.7 Å². The normalized spacial score (nSPS) is 12.3. The molecule has 0 bridgehead atoms. The Morgan fingerprint density at radius 3 is 2.25 bits per heavy atom. The third-order valence-electron chi connectivity index (χ3n) is 3.69. The van der Waals surface area contributed by atoms with E-state index in [2.05, 4.69) is 24.3 Å². The highest BCUT2D eigenvalue weighted by molar-refractivity contribution is 5.17. The third-order valence-corrected chi connectivity index (χ3v) is 3.69. The molecule has 0 fully saturated rings. The number of halogens is 1. The summed E-state index contributed by atoms with van der Waals surface area (Å²) in [5.74, 6) is 0.297. The fourth-order valence-corrected chi connectivity index (χ4v) is 2.50. The molecule has 0 saturated heterocycles. The molecule has 0 amide bonds. The molecule has 0 saturated carbocycles. The monoisotopic (exact) mass is 271 g/mol. The van der Waals surface area contributed by atoms with Gasteiger partial charge in [-0.05, 0) is 61.4 Å². The Kier molecular flexibility index (Phi) is 5.75. The van der Waals surface area contributed by atoms with E-state index in [1.165, 1.54) is 23.3 Å². The zero-order chi connectivity index (χ0) is 14.2. The molecule has 2 heteroatoms. The van der Waals surface area contributed by atoms with E-state index in [1.807, 2.05) is 18.2 Å². The molecule has 2 rings (SSSR count). The van der Waals surface area contributed by atoms with Crippen LogP contribution in [0.5, 0.6) is 0 Å². The van der Waals surface area contributed by atoms with Crippen LogP contribution in [0.1, 0.15) is 24.0 Å². The van der Waals surface area contributed by atoms with Gasteiger partial charge in [0.1, 0.15) is 5.82 Å². The summed E-state index contributed by atoms with van der Waals surface area (Å²) in [6.45, 7) is 0.687. The minimum atomic E-state index is -0.179. The van der Waals surface area contributed by atoms with Gasteiger partial charge in [0, 0.05) is 0 Å². The summed E-state index contributed by atoms with van der Waals surface area (Å²) in [5, 5.41) is 0. The average Bonchev–Trinajstić information content (AvgIpc) is 2.49. The van der Waals surface area contributed by atoms with Crippen LogP contribution in [0.3, 0.4) is 0 Å². The summed E-state index contributed by atoms with van der Waals surface area (Å²) in [6, 6.07) is 17.3. The fraction of sp³-hybridized carbons (Fsp3) is 0.333. The van der Waals surface area contributed by atoms with Crippen LogP contribution >= 0.6 is 0 Å². The van der Waals surface area contributed by atoms with Gasteiger partial charge in [0.25, 0.3) is 0 Å². The largest absolute Gasteiger partial charge is 0.330 e. The summed E-state index contributed by atoms with van der Waals surface area (Å²) >= 11 is 0. The maximum absolute atomic E-state index is 12.9. The molecular weight excluding hydrogens is 249 g/mol. The van der Waals surface area contributed by atoms with Gasteiger partial charge in [-0.15, -0.1) is 0 Å². The van der Waals surface area contributed by atoms with Crippen molar-refractivity contribution in [1.82, 2.24) is 0 Å². The lowest BCUT2D eigenvalue weighted by Crippen LogP contribution is -2.17. The van der Waals surface area contributed by atoms with E-state index in [-0.39, 0.29) is 5.82 Å². The van der Waals surface area contributed by atoms with Crippen molar-refractivity contribution in [3.8, 4) is 0 Å². The number of nitrogens with two attached hydrogens (primary N) is 1. The summed E-state index contributed by atoms with van der Waals surface area (Å²) in [7, 11) is 0. The topological polar surface area (TPSA) is 26.0 Å². The molecule has 1 atom stereocenters. The van der Waals surface area contributed by atoms with Crippen molar-refractivity contribution in [3.05, 3.63) is 71.5 Å². The van der Waals surface area contributed by atoms with E-state index in [4.69, 9.17) is 5.73 Å². The molecule has 106 valence electrons. The Hall–Kier alpha value is -1.67. The van der Waals surface area contributed by atoms with Crippen LogP contribution in [0.15, 0.2) is 54.6 Å². The Bertz CT molecular complexity index is 493. The number of rotatable bonds is 7. The second-order valence-electron chi connectivity index (χ2n) is 5.31. The van der Waals surface area contributed by atoms with Crippen LogP contribution in [0.25, 0.3) is 0 Å². The Balaban J connectivity index is 1.79. The first kappa shape index (κ1) is 14.7. The summed E-state index contributed by atoms with van der Waals surface area (Å²) in [5.41, 5.74) is 8.40. The lowest BCUT2D eigenvalue weighted by molar-refractivity contribution is 0.475. The van der Waals surface area contributed by atoms with Crippen LogP contribution in [0.4, 0.5) is 4.39 Å². The average molecular weight is 271 g/mol. The highest BCUT2D eigenvalue weighted by Gasteiger charge is 2.08. The summed E-state index contributed by atoms with van der Waals surface area (Å²) < 4.78 is 12.9. The van der Waals surface area contributed by atoms with Gasteiger partial charge in [0.15, 0.2) is 0 Å². The molecule has 0 aliphatic carbocycles. The number of aryl methyl sites for hydroxylation is 1. The molecule has 2 N–H and O–H groups in total. The highest BCUT2D eigenvalue weighted by atomic mass is 19.1. The van der Waals surface area contributed by atoms with E-state index < -0.39 is 0 Å². The van der Waals surface area contributed by atoms with Crippen LogP contribution in [0, 0.1) is 11.7 Å². The van der Waals surface area contributed by atoms with Gasteiger partial charge in [0.05, 0.1) is 0 Å². The quantitative estimate of drug-likeness (QED) is 0.810. The standard InChI is InChI=1S/C18H22FN/c19-18-11-9-16(10-12-18)13-17(14-20)8-4-7-15-5-2-1-3-6-15/h1-3,5-6,9-12,17H,4,7-8,13-14,20H2. The predicted octanol–water partition coefficient (Wildman–Crippen LogP) is 3.97. The number of benzene rings is 2.